The average molecular weight is 338 g/mol. The molecule has 1 heterocycles. The number of benzene rings is 2. The molecule has 0 amide bonds. The molecule has 0 spiro atoms. The smallest absolute Gasteiger partial charge is 0.264 e. The molecule has 0 unspecified atom stereocenters. The molecule has 1 aliphatic rings. The first-order valence-electron chi connectivity index (χ1n) is 5.95. The molecule has 0 fully saturated rings. The molecule has 0 saturated carbocycles. The van der Waals surface area contributed by atoms with E-state index in [1.165, 1.54) is 4.31 Å². The first-order valence-corrected chi connectivity index (χ1v) is 8.18. The summed E-state index contributed by atoms with van der Waals surface area (Å²) in [6.07, 6.45) is 0.767. The Kier molecular flexibility index (Phi) is 3.11. The summed E-state index contributed by atoms with van der Waals surface area (Å²) in [5.74, 6) is 0. The minimum Gasteiger partial charge on any atom is -0.266 e. The number of hydrogen-bond acceptors (Lipinski definition) is 2. The van der Waals surface area contributed by atoms with Gasteiger partial charge >= 0.3 is 0 Å². The van der Waals surface area contributed by atoms with E-state index in [2.05, 4.69) is 15.9 Å². The number of sulfonamides is 1. The van der Waals surface area contributed by atoms with Gasteiger partial charge in [-0.25, -0.2) is 8.42 Å². The Morgan fingerprint density at radius 1 is 1.05 bits per heavy atom. The third-order valence-electron chi connectivity index (χ3n) is 3.23. The van der Waals surface area contributed by atoms with Crippen LogP contribution in [0, 0.1) is 0 Å². The molecule has 3 nitrogen and oxygen atoms in total. The predicted molar refractivity (Wildman–Crippen MR) is 78.8 cm³/mol. The number of rotatable bonds is 2. The van der Waals surface area contributed by atoms with E-state index >= 15 is 0 Å². The highest BCUT2D eigenvalue weighted by molar-refractivity contribution is 9.10. The van der Waals surface area contributed by atoms with Gasteiger partial charge in [-0.2, -0.15) is 0 Å². The first kappa shape index (κ1) is 12.7. The summed E-state index contributed by atoms with van der Waals surface area (Å²) in [6.45, 7) is 0.508. The van der Waals surface area contributed by atoms with Crippen LogP contribution in [0.3, 0.4) is 0 Å². The number of hydrogen-bond donors (Lipinski definition) is 0. The molecule has 5 heteroatoms. The second-order valence-corrected chi connectivity index (χ2v) is 7.19. The lowest BCUT2D eigenvalue weighted by Crippen LogP contribution is -2.29. The van der Waals surface area contributed by atoms with Crippen molar-refractivity contribution in [3.8, 4) is 0 Å². The van der Waals surface area contributed by atoms with E-state index in [0.29, 0.717) is 11.4 Å². The van der Waals surface area contributed by atoms with Crippen molar-refractivity contribution < 1.29 is 8.42 Å². The van der Waals surface area contributed by atoms with Crippen molar-refractivity contribution in [3.05, 3.63) is 58.6 Å². The minimum absolute atomic E-state index is 0.318. The van der Waals surface area contributed by atoms with Gasteiger partial charge in [0.25, 0.3) is 10.0 Å². The number of nitrogens with zero attached hydrogens (tertiary/aromatic N) is 1. The Hall–Kier alpha value is -1.33. The third kappa shape index (κ3) is 2.17. The zero-order valence-electron chi connectivity index (χ0n) is 10.1. The second-order valence-electron chi connectivity index (χ2n) is 4.41. The Balaban J connectivity index is 2.08. The highest BCUT2D eigenvalue weighted by Gasteiger charge is 2.30. The van der Waals surface area contributed by atoms with Crippen LogP contribution in [0.2, 0.25) is 0 Å². The summed E-state index contributed by atoms with van der Waals surface area (Å²) >= 11 is 3.31. The van der Waals surface area contributed by atoms with Gasteiger partial charge in [-0.1, -0.05) is 40.2 Å². The van der Waals surface area contributed by atoms with E-state index in [-0.39, 0.29) is 0 Å². The lowest BCUT2D eigenvalue weighted by molar-refractivity contribution is 0.592. The fraction of sp³-hybridized carbons (Fsp3) is 0.143. The summed E-state index contributed by atoms with van der Waals surface area (Å²) in [6, 6.07) is 14.5. The van der Waals surface area contributed by atoms with Crippen LogP contribution < -0.4 is 4.31 Å². The summed E-state index contributed by atoms with van der Waals surface area (Å²) in [5.41, 5.74) is 1.88. The van der Waals surface area contributed by atoms with Crippen LogP contribution in [0.4, 0.5) is 5.69 Å². The summed E-state index contributed by atoms with van der Waals surface area (Å²) in [5, 5.41) is 0. The van der Waals surface area contributed by atoms with Crippen LogP contribution >= 0.6 is 15.9 Å². The fourth-order valence-corrected chi connectivity index (χ4v) is 4.41. The molecule has 3 rings (SSSR count). The van der Waals surface area contributed by atoms with Crippen molar-refractivity contribution in [2.24, 2.45) is 0 Å². The van der Waals surface area contributed by atoms with Gasteiger partial charge in [0.2, 0.25) is 0 Å². The molecule has 0 saturated heterocycles. The normalized spacial score (nSPS) is 14.5. The lowest BCUT2D eigenvalue weighted by Gasteiger charge is -2.19. The molecule has 2 aromatic carbocycles. The highest BCUT2D eigenvalue weighted by Crippen LogP contribution is 2.33. The predicted octanol–water partition coefficient (Wildman–Crippen LogP) is 3.20. The standard InChI is InChI=1S/C14H12BrNO2S/c15-12-5-3-6-13(10-12)19(17,18)16-9-8-11-4-1-2-7-14(11)16/h1-7,10H,8-9H2. The molecular weight excluding hydrogens is 326 g/mol. The van der Waals surface area contributed by atoms with Crippen molar-refractivity contribution in [1.82, 2.24) is 0 Å². The van der Waals surface area contributed by atoms with Gasteiger partial charge < -0.3 is 0 Å². The number of halogens is 1. The Labute approximate surface area is 121 Å². The van der Waals surface area contributed by atoms with Crippen LogP contribution in [-0.4, -0.2) is 15.0 Å². The van der Waals surface area contributed by atoms with Crippen LogP contribution in [0.25, 0.3) is 0 Å². The van der Waals surface area contributed by atoms with E-state index in [0.717, 1.165) is 22.1 Å². The van der Waals surface area contributed by atoms with Crippen molar-refractivity contribution >= 4 is 31.6 Å². The van der Waals surface area contributed by atoms with E-state index in [1.54, 1.807) is 18.2 Å². The molecule has 0 N–H and O–H groups in total. The van der Waals surface area contributed by atoms with Gasteiger partial charge in [0.1, 0.15) is 0 Å². The first-order chi connectivity index (χ1) is 9.09. The Morgan fingerprint density at radius 3 is 2.63 bits per heavy atom. The summed E-state index contributed by atoms with van der Waals surface area (Å²) in [4.78, 5) is 0.318. The lowest BCUT2D eigenvalue weighted by atomic mass is 10.2. The molecule has 0 aromatic heterocycles. The second kappa shape index (κ2) is 4.65. The average Bonchev–Trinajstić information content (AvgIpc) is 2.83. The van der Waals surface area contributed by atoms with E-state index in [1.807, 2.05) is 30.3 Å². The maximum absolute atomic E-state index is 12.7. The molecule has 0 bridgehead atoms. The molecule has 19 heavy (non-hydrogen) atoms. The number of anilines is 1. The summed E-state index contributed by atoms with van der Waals surface area (Å²) < 4.78 is 27.6. The Bertz CT molecular complexity index is 728. The van der Waals surface area contributed by atoms with Crippen LogP contribution in [0.5, 0.6) is 0 Å². The Morgan fingerprint density at radius 2 is 1.84 bits per heavy atom. The maximum atomic E-state index is 12.7. The molecule has 0 radical (unpaired) electrons. The monoisotopic (exact) mass is 337 g/mol. The maximum Gasteiger partial charge on any atom is 0.264 e. The number of fused-ring (bicyclic) bond motifs is 1. The molecule has 2 aromatic rings. The molecule has 98 valence electrons. The van der Waals surface area contributed by atoms with Crippen molar-refractivity contribution in [2.45, 2.75) is 11.3 Å². The molecule has 1 aliphatic heterocycles. The topological polar surface area (TPSA) is 37.4 Å². The fourth-order valence-electron chi connectivity index (χ4n) is 2.31. The van der Waals surface area contributed by atoms with Gasteiger partial charge in [-0.3, -0.25) is 4.31 Å². The quantitative estimate of drug-likeness (QED) is 0.843. The largest absolute Gasteiger partial charge is 0.266 e. The van der Waals surface area contributed by atoms with Gasteiger partial charge in [-0.15, -0.1) is 0 Å². The van der Waals surface area contributed by atoms with Crippen molar-refractivity contribution in [3.63, 3.8) is 0 Å². The van der Waals surface area contributed by atoms with Crippen molar-refractivity contribution in [1.29, 1.82) is 0 Å². The highest BCUT2D eigenvalue weighted by atomic mass is 79.9. The molecular formula is C14H12BrNO2S. The van der Waals surface area contributed by atoms with Gasteiger partial charge in [0, 0.05) is 11.0 Å². The van der Waals surface area contributed by atoms with Crippen LogP contribution in [0.15, 0.2) is 57.9 Å². The zero-order valence-corrected chi connectivity index (χ0v) is 12.5. The van der Waals surface area contributed by atoms with Crippen molar-refractivity contribution in [2.75, 3.05) is 10.8 Å². The number of para-hydroxylation sites is 1. The van der Waals surface area contributed by atoms with Gasteiger partial charge in [-0.05, 0) is 36.2 Å². The van der Waals surface area contributed by atoms with Gasteiger partial charge in [0.15, 0.2) is 0 Å². The van der Waals surface area contributed by atoms with Crippen LogP contribution in [-0.2, 0) is 16.4 Å². The minimum atomic E-state index is -3.47. The van der Waals surface area contributed by atoms with E-state index in [9.17, 15) is 8.42 Å². The van der Waals surface area contributed by atoms with Gasteiger partial charge in [0.05, 0.1) is 10.6 Å². The molecule has 0 atom stereocenters. The SMILES string of the molecule is O=S(=O)(c1cccc(Br)c1)N1CCc2ccccc21. The van der Waals surface area contributed by atoms with E-state index < -0.39 is 10.0 Å². The third-order valence-corrected chi connectivity index (χ3v) is 5.53. The van der Waals surface area contributed by atoms with E-state index in [4.69, 9.17) is 0 Å². The zero-order chi connectivity index (χ0) is 13.5. The van der Waals surface area contributed by atoms with Crippen LogP contribution in [0.1, 0.15) is 5.56 Å². The molecule has 0 aliphatic carbocycles. The summed E-state index contributed by atoms with van der Waals surface area (Å²) in [7, 11) is -3.47.